The molecule has 0 fully saturated rings. The zero-order chi connectivity index (χ0) is 22.5. The molecule has 0 aliphatic carbocycles. The van der Waals surface area contributed by atoms with Crippen molar-refractivity contribution in [3.05, 3.63) is 97.0 Å². The van der Waals surface area contributed by atoms with E-state index >= 15 is 0 Å². The van der Waals surface area contributed by atoms with Gasteiger partial charge in [0.25, 0.3) is 11.6 Å². The third-order valence-corrected chi connectivity index (χ3v) is 4.42. The number of halogens is 1. The van der Waals surface area contributed by atoms with Crippen LogP contribution in [0.5, 0.6) is 5.75 Å². The zero-order valence-electron chi connectivity index (χ0n) is 15.6. The number of non-ortho nitro benzene ring substituents is 1. The number of rotatable bonds is 6. The van der Waals surface area contributed by atoms with Gasteiger partial charge in [-0.25, -0.2) is 0 Å². The lowest BCUT2D eigenvalue weighted by molar-refractivity contribution is -0.394. The average molecular weight is 441 g/mol. The van der Waals surface area contributed by atoms with E-state index < -0.39 is 32.9 Å². The van der Waals surface area contributed by atoms with Gasteiger partial charge in [-0.2, -0.15) is 0 Å². The Labute approximate surface area is 179 Å². The second-order valence-corrected chi connectivity index (χ2v) is 6.57. The summed E-state index contributed by atoms with van der Waals surface area (Å²) in [6.07, 6.45) is 1.06. The van der Waals surface area contributed by atoms with Crippen LogP contribution in [0, 0.1) is 20.2 Å². The maximum absolute atomic E-state index is 12.4. The molecule has 0 bridgehead atoms. The number of aliphatic imine (C=N–C) groups is 1. The Balaban J connectivity index is 1.87. The van der Waals surface area contributed by atoms with E-state index in [1.807, 2.05) is 0 Å². The molecule has 0 heterocycles. The van der Waals surface area contributed by atoms with E-state index in [9.17, 15) is 30.1 Å². The average Bonchev–Trinajstić information content (AvgIpc) is 2.73. The van der Waals surface area contributed by atoms with Crippen molar-refractivity contribution in [2.45, 2.75) is 0 Å². The van der Waals surface area contributed by atoms with Crippen LogP contribution >= 0.6 is 11.6 Å². The van der Waals surface area contributed by atoms with E-state index in [1.54, 1.807) is 42.5 Å². The van der Waals surface area contributed by atoms with E-state index in [4.69, 9.17) is 11.6 Å². The van der Waals surface area contributed by atoms with Gasteiger partial charge in [-0.05, 0) is 30.3 Å². The lowest BCUT2D eigenvalue weighted by Gasteiger charge is -2.07. The second-order valence-electron chi connectivity index (χ2n) is 6.16. The van der Waals surface area contributed by atoms with Crippen molar-refractivity contribution in [3.8, 4) is 5.75 Å². The molecule has 3 rings (SSSR count). The van der Waals surface area contributed by atoms with Crippen LogP contribution in [0.1, 0.15) is 15.9 Å². The van der Waals surface area contributed by atoms with Gasteiger partial charge in [-0.15, -0.1) is 0 Å². The van der Waals surface area contributed by atoms with Crippen molar-refractivity contribution in [1.29, 1.82) is 0 Å². The van der Waals surface area contributed by atoms with Crippen molar-refractivity contribution >= 4 is 46.5 Å². The minimum absolute atomic E-state index is 0.202. The van der Waals surface area contributed by atoms with Gasteiger partial charge in [0.2, 0.25) is 5.75 Å². The van der Waals surface area contributed by atoms with Gasteiger partial charge in [0.05, 0.1) is 32.2 Å². The van der Waals surface area contributed by atoms with Crippen LogP contribution in [0.2, 0.25) is 5.02 Å². The van der Waals surface area contributed by atoms with E-state index in [0.717, 1.165) is 12.3 Å². The Morgan fingerprint density at radius 3 is 2.45 bits per heavy atom. The third-order valence-electron chi connectivity index (χ3n) is 4.09. The standard InChI is InChI=1S/C20H13ClN4O6/c21-17-7-2-1-6-16(17)20(27)23-14-5-3-4-13(9-14)22-11-12-8-15(24(28)29)10-18(19(12)26)25(30)31/h1-11,26H,(H,23,27). The summed E-state index contributed by atoms with van der Waals surface area (Å²) in [6, 6.07) is 14.5. The Kier molecular flexibility index (Phi) is 6.22. The third kappa shape index (κ3) is 5.00. The lowest BCUT2D eigenvalue weighted by atomic mass is 10.1. The normalized spacial score (nSPS) is 10.7. The summed E-state index contributed by atoms with van der Waals surface area (Å²) in [5, 5.41) is 35.1. The summed E-state index contributed by atoms with van der Waals surface area (Å²) < 4.78 is 0. The van der Waals surface area contributed by atoms with Crippen LogP contribution in [0.25, 0.3) is 0 Å². The number of amides is 1. The summed E-state index contributed by atoms with van der Waals surface area (Å²) in [5.74, 6) is -1.18. The second kappa shape index (κ2) is 9.01. The van der Waals surface area contributed by atoms with Crippen molar-refractivity contribution < 1.29 is 19.7 Å². The summed E-state index contributed by atoms with van der Waals surface area (Å²) in [7, 11) is 0. The first kappa shape index (κ1) is 21.4. The van der Waals surface area contributed by atoms with Crippen LogP contribution < -0.4 is 5.32 Å². The maximum atomic E-state index is 12.4. The van der Waals surface area contributed by atoms with Crippen LogP contribution in [-0.4, -0.2) is 27.1 Å². The number of hydrogen-bond acceptors (Lipinski definition) is 7. The van der Waals surface area contributed by atoms with E-state index in [2.05, 4.69) is 10.3 Å². The molecule has 0 radical (unpaired) electrons. The number of hydrogen-bond donors (Lipinski definition) is 2. The van der Waals surface area contributed by atoms with E-state index in [0.29, 0.717) is 17.4 Å². The van der Waals surface area contributed by atoms with Crippen LogP contribution in [0.3, 0.4) is 0 Å². The smallest absolute Gasteiger partial charge is 0.318 e. The highest BCUT2D eigenvalue weighted by atomic mass is 35.5. The Bertz CT molecular complexity index is 1230. The van der Waals surface area contributed by atoms with Gasteiger partial charge in [0, 0.05) is 23.5 Å². The van der Waals surface area contributed by atoms with Gasteiger partial charge in [-0.1, -0.05) is 29.8 Å². The molecule has 3 aromatic rings. The molecule has 2 N–H and O–H groups in total. The number of aromatic hydroxyl groups is 1. The zero-order valence-corrected chi connectivity index (χ0v) is 16.3. The highest BCUT2D eigenvalue weighted by molar-refractivity contribution is 6.34. The molecule has 31 heavy (non-hydrogen) atoms. The maximum Gasteiger partial charge on any atom is 0.318 e. The molecule has 0 spiro atoms. The fourth-order valence-electron chi connectivity index (χ4n) is 2.62. The molecule has 1 amide bonds. The first-order valence-corrected chi connectivity index (χ1v) is 9.00. The Hall–Kier alpha value is -4.31. The summed E-state index contributed by atoms with van der Waals surface area (Å²) in [4.78, 5) is 36.8. The predicted octanol–water partition coefficient (Wildman–Crippen LogP) is 4.86. The monoisotopic (exact) mass is 440 g/mol. The van der Waals surface area contributed by atoms with E-state index in [-0.39, 0.29) is 16.1 Å². The number of phenols is 1. The summed E-state index contributed by atoms with van der Waals surface area (Å²) >= 11 is 6.02. The summed E-state index contributed by atoms with van der Waals surface area (Å²) in [6.45, 7) is 0. The molecule has 0 aromatic heterocycles. The highest BCUT2D eigenvalue weighted by Gasteiger charge is 2.23. The minimum Gasteiger partial charge on any atom is -0.502 e. The van der Waals surface area contributed by atoms with Crippen molar-refractivity contribution in [2.75, 3.05) is 5.32 Å². The largest absolute Gasteiger partial charge is 0.502 e. The highest BCUT2D eigenvalue weighted by Crippen LogP contribution is 2.33. The lowest BCUT2D eigenvalue weighted by Crippen LogP contribution is -2.12. The van der Waals surface area contributed by atoms with Gasteiger partial charge in [-0.3, -0.25) is 30.0 Å². The first-order valence-electron chi connectivity index (χ1n) is 8.62. The van der Waals surface area contributed by atoms with Crippen molar-refractivity contribution in [2.24, 2.45) is 4.99 Å². The number of nitrogens with zero attached hydrogens (tertiary/aromatic N) is 3. The molecule has 156 valence electrons. The molecule has 0 saturated heterocycles. The van der Waals surface area contributed by atoms with Gasteiger partial charge < -0.3 is 10.4 Å². The topological polar surface area (TPSA) is 148 Å². The molecule has 11 heteroatoms. The molecular formula is C20H13ClN4O6. The number of phenolic OH excluding ortho intramolecular Hbond substituents is 1. The predicted molar refractivity (Wildman–Crippen MR) is 115 cm³/mol. The number of anilines is 1. The SMILES string of the molecule is O=C(Nc1cccc(N=Cc2cc([N+](=O)[O-])cc([N+](=O)[O-])c2O)c1)c1ccccc1Cl. The fourth-order valence-corrected chi connectivity index (χ4v) is 2.84. The van der Waals surface area contributed by atoms with Crippen LogP contribution in [0.15, 0.2) is 65.7 Å². The van der Waals surface area contributed by atoms with Gasteiger partial charge in [0.15, 0.2) is 0 Å². The molecule has 0 unspecified atom stereocenters. The Morgan fingerprint density at radius 2 is 1.77 bits per heavy atom. The number of carbonyl (C=O) groups excluding carboxylic acids is 1. The molecule has 3 aromatic carbocycles. The van der Waals surface area contributed by atoms with Gasteiger partial charge in [0.1, 0.15) is 0 Å². The number of carbonyl (C=O) groups is 1. The molecule has 10 nitrogen and oxygen atoms in total. The van der Waals surface area contributed by atoms with Crippen molar-refractivity contribution in [3.63, 3.8) is 0 Å². The Morgan fingerprint density at radius 1 is 1.03 bits per heavy atom. The summed E-state index contributed by atoms with van der Waals surface area (Å²) in [5.41, 5.74) is -0.569. The van der Waals surface area contributed by atoms with Gasteiger partial charge >= 0.3 is 5.69 Å². The first-order chi connectivity index (χ1) is 14.8. The number of nitro benzene ring substituents is 2. The molecule has 0 aliphatic heterocycles. The van der Waals surface area contributed by atoms with Crippen LogP contribution in [-0.2, 0) is 0 Å². The number of nitrogens with one attached hydrogen (secondary N) is 1. The van der Waals surface area contributed by atoms with Crippen molar-refractivity contribution in [1.82, 2.24) is 0 Å². The molecular weight excluding hydrogens is 428 g/mol. The fraction of sp³-hybridized carbons (Fsp3) is 0. The molecule has 0 aliphatic rings. The number of benzene rings is 3. The number of nitro groups is 2. The quantitative estimate of drug-likeness (QED) is 0.317. The van der Waals surface area contributed by atoms with Crippen LogP contribution in [0.4, 0.5) is 22.7 Å². The molecule has 0 saturated carbocycles. The minimum atomic E-state index is -0.926. The molecule has 0 atom stereocenters. The van der Waals surface area contributed by atoms with E-state index in [1.165, 1.54) is 6.07 Å².